The monoisotopic (exact) mass is 530 g/mol. The second-order valence-corrected chi connectivity index (χ2v) is 12.0. The number of ether oxygens (including phenoxy) is 1. The summed E-state index contributed by atoms with van der Waals surface area (Å²) in [6, 6.07) is 25.6. The zero-order chi connectivity index (χ0) is 25.7. The Kier molecular flexibility index (Phi) is 7.45. The molecule has 0 saturated heterocycles. The van der Waals surface area contributed by atoms with Gasteiger partial charge in [-0.15, -0.1) is 11.3 Å². The zero-order valence-electron chi connectivity index (χ0n) is 20.2. The van der Waals surface area contributed by atoms with Crippen molar-refractivity contribution < 1.29 is 13.2 Å². The minimum Gasteiger partial charge on any atom is -0.457 e. The minimum atomic E-state index is -2.97. The molecule has 2 N–H and O–H groups in total. The lowest BCUT2D eigenvalue weighted by Crippen LogP contribution is -2.21. The van der Waals surface area contributed by atoms with Gasteiger partial charge in [-0.05, 0) is 60.7 Å². The first-order chi connectivity index (χ1) is 17.9. The predicted octanol–water partition coefficient (Wildman–Crippen LogP) is 6.03. The molecular weight excluding hydrogens is 504 g/mol. The van der Waals surface area contributed by atoms with Crippen LogP contribution in [0.1, 0.15) is 4.88 Å². The number of pyridine rings is 1. The van der Waals surface area contributed by atoms with E-state index in [0.717, 1.165) is 49.2 Å². The van der Waals surface area contributed by atoms with E-state index in [-0.39, 0.29) is 5.75 Å². The Bertz CT molecular complexity index is 1600. The van der Waals surface area contributed by atoms with E-state index in [1.54, 1.807) is 17.5 Å². The van der Waals surface area contributed by atoms with Gasteiger partial charge in [0.15, 0.2) is 0 Å². The average Bonchev–Trinajstić information content (AvgIpc) is 3.37. The Morgan fingerprint density at radius 1 is 0.919 bits per heavy atom. The molecule has 3 aromatic carbocycles. The van der Waals surface area contributed by atoms with Gasteiger partial charge in [0.2, 0.25) is 0 Å². The maximum atomic E-state index is 11.3. The van der Waals surface area contributed by atoms with Gasteiger partial charge in [0.25, 0.3) is 0 Å². The molecule has 37 heavy (non-hydrogen) atoms. The highest BCUT2D eigenvalue weighted by Crippen LogP contribution is 2.32. The van der Waals surface area contributed by atoms with Gasteiger partial charge in [0.05, 0.1) is 11.3 Å². The molecule has 188 valence electrons. The van der Waals surface area contributed by atoms with Gasteiger partial charge in [0, 0.05) is 58.9 Å². The van der Waals surface area contributed by atoms with E-state index in [9.17, 15) is 8.42 Å². The van der Waals surface area contributed by atoms with Crippen molar-refractivity contribution in [3.63, 3.8) is 0 Å². The molecule has 0 amide bonds. The zero-order valence-corrected chi connectivity index (χ0v) is 21.9. The number of anilines is 2. The van der Waals surface area contributed by atoms with Crippen molar-refractivity contribution in [2.24, 2.45) is 0 Å². The van der Waals surface area contributed by atoms with E-state index >= 15 is 0 Å². The number of nitrogens with zero attached hydrogens (tertiary/aromatic N) is 2. The number of sulfone groups is 1. The van der Waals surface area contributed by atoms with Gasteiger partial charge in [-0.25, -0.2) is 13.4 Å². The number of benzene rings is 3. The Balaban J connectivity index is 1.30. The quantitative estimate of drug-likeness (QED) is 0.213. The van der Waals surface area contributed by atoms with Crippen LogP contribution in [0.2, 0.25) is 0 Å². The summed E-state index contributed by atoms with van der Waals surface area (Å²) in [5.41, 5.74) is 3.78. The molecule has 0 fully saturated rings. The number of thiazole rings is 1. The highest BCUT2D eigenvalue weighted by atomic mass is 32.2. The van der Waals surface area contributed by atoms with Crippen molar-refractivity contribution in [1.82, 2.24) is 15.3 Å². The van der Waals surface area contributed by atoms with Crippen LogP contribution >= 0.6 is 11.3 Å². The standard InChI is InChI=1S/C28H26N4O3S2/c1-37(33,34)16-15-29-18-24-19-31-28(36-24)20-7-12-26-25(17-20)27(13-14-30-26)32-21-8-10-23(11-9-21)35-22-5-3-2-4-6-22/h2-14,17,19,29H,15-16,18H2,1H3,(H,30,32). The average molecular weight is 531 g/mol. The summed E-state index contributed by atoms with van der Waals surface area (Å²) in [6.45, 7) is 1.00. The topological polar surface area (TPSA) is 93.2 Å². The fourth-order valence-electron chi connectivity index (χ4n) is 3.77. The van der Waals surface area contributed by atoms with E-state index in [1.807, 2.05) is 79.0 Å². The summed E-state index contributed by atoms with van der Waals surface area (Å²) >= 11 is 1.59. The van der Waals surface area contributed by atoms with Gasteiger partial charge in [-0.3, -0.25) is 4.98 Å². The van der Waals surface area contributed by atoms with Crippen LogP contribution in [-0.4, -0.2) is 36.9 Å². The second kappa shape index (κ2) is 11.1. The normalized spacial score (nSPS) is 11.5. The lowest BCUT2D eigenvalue weighted by molar-refractivity contribution is 0.483. The first-order valence-corrected chi connectivity index (χ1v) is 14.6. The third kappa shape index (κ3) is 6.71. The van der Waals surface area contributed by atoms with E-state index in [2.05, 4.69) is 26.7 Å². The van der Waals surface area contributed by atoms with Crippen molar-refractivity contribution in [1.29, 1.82) is 0 Å². The summed E-state index contributed by atoms with van der Waals surface area (Å²) < 4.78 is 28.5. The van der Waals surface area contributed by atoms with Crippen LogP contribution in [-0.2, 0) is 16.4 Å². The number of hydrogen-bond donors (Lipinski definition) is 2. The molecule has 0 bridgehead atoms. The molecule has 0 aliphatic heterocycles. The summed E-state index contributed by atoms with van der Waals surface area (Å²) in [6.07, 6.45) is 4.87. The number of rotatable bonds is 10. The van der Waals surface area contributed by atoms with E-state index < -0.39 is 9.84 Å². The number of hydrogen-bond acceptors (Lipinski definition) is 8. The molecule has 0 aliphatic rings. The smallest absolute Gasteiger partial charge is 0.148 e. The molecule has 0 spiro atoms. The van der Waals surface area contributed by atoms with Crippen LogP contribution in [0.5, 0.6) is 11.5 Å². The summed E-state index contributed by atoms with van der Waals surface area (Å²) in [5, 5.41) is 8.56. The van der Waals surface area contributed by atoms with Gasteiger partial charge in [0.1, 0.15) is 26.3 Å². The van der Waals surface area contributed by atoms with Crippen molar-refractivity contribution >= 4 is 43.5 Å². The Morgan fingerprint density at radius 3 is 2.49 bits per heavy atom. The molecule has 5 aromatic rings. The molecule has 2 heterocycles. The van der Waals surface area contributed by atoms with Crippen LogP contribution in [0.15, 0.2) is 91.3 Å². The van der Waals surface area contributed by atoms with Gasteiger partial charge in [-0.1, -0.05) is 18.2 Å². The van der Waals surface area contributed by atoms with Crippen molar-refractivity contribution in [3.8, 4) is 22.1 Å². The van der Waals surface area contributed by atoms with E-state index in [4.69, 9.17) is 4.74 Å². The largest absolute Gasteiger partial charge is 0.457 e. The minimum absolute atomic E-state index is 0.120. The lowest BCUT2D eigenvalue weighted by Gasteiger charge is -2.11. The molecule has 0 saturated carbocycles. The van der Waals surface area contributed by atoms with Crippen LogP contribution in [0, 0.1) is 0 Å². The molecule has 0 unspecified atom stereocenters. The molecule has 0 radical (unpaired) electrons. The SMILES string of the molecule is CS(=O)(=O)CCNCc1cnc(-c2ccc3nccc(Nc4ccc(Oc5ccccc5)cc4)c3c2)s1. The van der Waals surface area contributed by atoms with E-state index in [1.165, 1.54) is 6.26 Å². The Labute approximate surface area is 220 Å². The molecule has 0 aliphatic carbocycles. The number of nitrogens with one attached hydrogen (secondary N) is 2. The van der Waals surface area contributed by atoms with Gasteiger partial charge >= 0.3 is 0 Å². The van der Waals surface area contributed by atoms with Crippen LogP contribution in [0.4, 0.5) is 11.4 Å². The molecule has 7 nitrogen and oxygen atoms in total. The van der Waals surface area contributed by atoms with E-state index in [0.29, 0.717) is 13.1 Å². The molecule has 2 aromatic heterocycles. The first-order valence-electron chi connectivity index (χ1n) is 11.8. The third-order valence-corrected chi connectivity index (χ3v) is 7.60. The van der Waals surface area contributed by atoms with Crippen LogP contribution in [0.25, 0.3) is 21.5 Å². The molecule has 5 rings (SSSR count). The maximum absolute atomic E-state index is 11.3. The third-order valence-electron chi connectivity index (χ3n) is 5.60. The molecular formula is C28H26N4O3S2. The highest BCUT2D eigenvalue weighted by molar-refractivity contribution is 7.90. The fraction of sp³-hybridized carbons (Fsp3) is 0.143. The predicted molar refractivity (Wildman–Crippen MR) is 151 cm³/mol. The van der Waals surface area contributed by atoms with Crippen LogP contribution < -0.4 is 15.4 Å². The lowest BCUT2D eigenvalue weighted by atomic mass is 10.1. The Morgan fingerprint density at radius 2 is 1.70 bits per heavy atom. The first kappa shape index (κ1) is 24.9. The summed E-state index contributed by atoms with van der Waals surface area (Å²) in [7, 11) is -2.97. The van der Waals surface area contributed by atoms with Gasteiger partial charge < -0.3 is 15.4 Å². The number of fused-ring (bicyclic) bond motifs is 1. The number of aromatic nitrogens is 2. The second-order valence-electron chi connectivity index (χ2n) is 8.59. The summed E-state index contributed by atoms with van der Waals surface area (Å²) in [4.78, 5) is 10.1. The summed E-state index contributed by atoms with van der Waals surface area (Å²) in [5.74, 6) is 1.68. The molecule has 9 heteroatoms. The van der Waals surface area contributed by atoms with Crippen molar-refractivity contribution in [2.75, 3.05) is 23.9 Å². The Hall–Kier alpha value is -3.79. The molecule has 0 atom stereocenters. The van der Waals surface area contributed by atoms with Crippen molar-refractivity contribution in [2.45, 2.75) is 6.54 Å². The van der Waals surface area contributed by atoms with Gasteiger partial charge in [-0.2, -0.15) is 0 Å². The fourth-order valence-corrected chi connectivity index (χ4v) is 5.16. The number of para-hydroxylation sites is 1. The van der Waals surface area contributed by atoms with Crippen LogP contribution in [0.3, 0.4) is 0 Å². The van der Waals surface area contributed by atoms with Crippen molar-refractivity contribution in [3.05, 3.63) is 96.1 Å². The highest BCUT2D eigenvalue weighted by Gasteiger charge is 2.10. The maximum Gasteiger partial charge on any atom is 0.148 e.